The third-order valence-corrected chi connectivity index (χ3v) is 4.48. The smallest absolute Gasteiger partial charge is 0.196 e. The molecule has 3 rings (SSSR count). The van der Waals surface area contributed by atoms with Gasteiger partial charge in [0, 0.05) is 15.3 Å². The van der Waals surface area contributed by atoms with Crippen molar-refractivity contribution in [3.63, 3.8) is 0 Å². The highest BCUT2D eigenvalue weighted by atomic mass is 32.1. The lowest BCUT2D eigenvalue weighted by atomic mass is 9.93. The Balaban J connectivity index is 2.05. The number of Topliss-reactive ketones (excluding diaryl/α,β-unsaturated/α-hetero) is 1. The summed E-state index contributed by atoms with van der Waals surface area (Å²) >= 11 is 1.69. The van der Waals surface area contributed by atoms with E-state index >= 15 is 0 Å². The average molecular weight is 284 g/mol. The van der Waals surface area contributed by atoms with E-state index in [0.29, 0.717) is 6.61 Å². The lowest BCUT2D eigenvalue weighted by molar-refractivity contribution is 0.0999. The van der Waals surface area contributed by atoms with Crippen LogP contribution in [0.4, 0.5) is 0 Å². The second kappa shape index (κ2) is 4.91. The van der Waals surface area contributed by atoms with Gasteiger partial charge in [-0.3, -0.25) is 4.79 Å². The fraction of sp³-hybridized carbons (Fsp3) is 0.235. The van der Waals surface area contributed by atoms with Gasteiger partial charge in [-0.2, -0.15) is 0 Å². The van der Waals surface area contributed by atoms with Crippen LogP contribution < -0.4 is 4.74 Å². The molecule has 0 amide bonds. The van der Waals surface area contributed by atoms with Gasteiger partial charge in [0.1, 0.15) is 12.4 Å². The number of carbonyl (C=O) groups is 1. The molecule has 1 aliphatic rings. The highest BCUT2D eigenvalue weighted by molar-refractivity contribution is 7.12. The standard InChI is InChI=1S/C17H16O2S/c1-10-4-5-11(2)17-15(10)16(18)13(9-19-17)8-14-7-6-12(3)20-14/h4-8H,9H2,1-3H3/b13-8+. The molecule has 1 aliphatic heterocycles. The Morgan fingerprint density at radius 2 is 1.85 bits per heavy atom. The first kappa shape index (κ1) is 13.1. The topological polar surface area (TPSA) is 26.3 Å². The summed E-state index contributed by atoms with van der Waals surface area (Å²) in [6.45, 7) is 6.35. The van der Waals surface area contributed by atoms with Crippen LogP contribution in [0, 0.1) is 20.8 Å². The van der Waals surface area contributed by atoms with Crippen molar-refractivity contribution >= 4 is 23.2 Å². The predicted octanol–water partition coefficient (Wildman–Crippen LogP) is 4.33. The molecule has 0 unspecified atom stereocenters. The number of hydrogen-bond acceptors (Lipinski definition) is 3. The maximum absolute atomic E-state index is 12.7. The van der Waals surface area contributed by atoms with Gasteiger partial charge in [0.2, 0.25) is 0 Å². The van der Waals surface area contributed by atoms with Gasteiger partial charge in [0.25, 0.3) is 0 Å². The first-order chi connectivity index (χ1) is 9.56. The van der Waals surface area contributed by atoms with Gasteiger partial charge >= 0.3 is 0 Å². The Morgan fingerprint density at radius 1 is 1.10 bits per heavy atom. The number of ketones is 1. The molecule has 1 aromatic carbocycles. The van der Waals surface area contributed by atoms with Gasteiger partial charge in [-0.05, 0) is 50.1 Å². The van der Waals surface area contributed by atoms with Crippen molar-refractivity contribution in [1.82, 2.24) is 0 Å². The summed E-state index contributed by atoms with van der Waals surface area (Å²) in [5.41, 5.74) is 3.44. The van der Waals surface area contributed by atoms with Crippen LogP contribution in [-0.4, -0.2) is 12.4 Å². The molecule has 0 fully saturated rings. The second-order valence-electron chi connectivity index (χ2n) is 5.14. The average Bonchev–Trinajstić information content (AvgIpc) is 2.82. The fourth-order valence-electron chi connectivity index (χ4n) is 2.44. The van der Waals surface area contributed by atoms with Gasteiger partial charge in [-0.15, -0.1) is 11.3 Å². The summed E-state index contributed by atoms with van der Waals surface area (Å²) in [6.07, 6.45) is 1.95. The molecule has 102 valence electrons. The monoisotopic (exact) mass is 284 g/mol. The molecule has 0 atom stereocenters. The fourth-order valence-corrected chi connectivity index (χ4v) is 3.28. The largest absolute Gasteiger partial charge is 0.488 e. The zero-order valence-corrected chi connectivity index (χ0v) is 12.6. The van der Waals surface area contributed by atoms with Crippen LogP contribution in [0.25, 0.3) is 6.08 Å². The van der Waals surface area contributed by atoms with Gasteiger partial charge in [0.05, 0.1) is 5.56 Å². The molecule has 1 aromatic heterocycles. The lowest BCUT2D eigenvalue weighted by Crippen LogP contribution is -2.20. The van der Waals surface area contributed by atoms with Crippen LogP contribution in [0.3, 0.4) is 0 Å². The molecule has 0 N–H and O–H groups in total. The van der Waals surface area contributed by atoms with Crippen LogP contribution in [0.1, 0.15) is 31.2 Å². The molecule has 0 bridgehead atoms. The lowest BCUT2D eigenvalue weighted by Gasteiger charge is -2.22. The summed E-state index contributed by atoms with van der Waals surface area (Å²) < 4.78 is 5.81. The van der Waals surface area contributed by atoms with Crippen molar-refractivity contribution in [2.75, 3.05) is 6.61 Å². The summed E-state index contributed by atoms with van der Waals surface area (Å²) in [6, 6.07) is 8.08. The molecule has 0 radical (unpaired) electrons. The van der Waals surface area contributed by atoms with Gasteiger partial charge in [-0.25, -0.2) is 0 Å². The van der Waals surface area contributed by atoms with Crippen molar-refractivity contribution in [2.45, 2.75) is 20.8 Å². The van der Waals surface area contributed by atoms with Crippen molar-refractivity contribution in [3.8, 4) is 5.75 Å². The summed E-state index contributed by atoms with van der Waals surface area (Å²) in [4.78, 5) is 15.0. The van der Waals surface area contributed by atoms with Crippen LogP contribution in [0.2, 0.25) is 0 Å². The van der Waals surface area contributed by atoms with Crippen molar-refractivity contribution in [1.29, 1.82) is 0 Å². The normalized spacial score (nSPS) is 16.1. The van der Waals surface area contributed by atoms with E-state index in [-0.39, 0.29) is 5.78 Å². The Hall–Kier alpha value is -1.87. The van der Waals surface area contributed by atoms with Crippen molar-refractivity contribution in [3.05, 3.63) is 56.3 Å². The number of benzene rings is 1. The number of aryl methyl sites for hydroxylation is 3. The minimum Gasteiger partial charge on any atom is -0.488 e. The molecule has 2 heterocycles. The maximum atomic E-state index is 12.7. The Morgan fingerprint density at radius 3 is 2.55 bits per heavy atom. The Bertz CT molecular complexity index is 723. The van der Waals surface area contributed by atoms with Crippen molar-refractivity contribution < 1.29 is 9.53 Å². The van der Waals surface area contributed by atoms with Crippen LogP contribution in [0.5, 0.6) is 5.75 Å². The van der Waals surface area contributed by atoms with Crippen LogP contribution in [0.15, 0.2) is 29.8 Å². The van der Waals surface area contributed by atoms with E-state index in [0.717, 1.165) is 32.9 Å². The summed E-state index contributed by atoms with van der Waals surface area (Å²) in [7, 11) is 0. The van der Waals surface area contributed by atoms with Gasteiger partial charge < -0.3 is 4.74 Å². The molecule has 0 spiro atoms. The SMILES string of the molecule is Cc1ccc(/C=C2\COc3c(C)ccc(C)c3C2=O)s1. The molecule has 0 saturated carbocycles. The number of rotatable bonds is 1. The Labute approximate surface area is 122 Å². The second-order valence-corrected chi connectivity index (χ2v) is 6.46. The van der Waals surface area contributed by atoms with E-state index in [1.807, 2.05) is 38.1 Å². The number of carbonyl (C=O) groups excluding carboxylic acids is 1. The van der Waals surface area contributed by atoms with Gasteiger partial charge in [0.15, 0.2) is 5.78 Å². The molecule has 20 heavy (non-hydrogen) atoms. The number of ether oxygens (including phenoxy) is 1. The predicted molar refractivity (Wildman–Crippen MR) is 82.8 cm³/mol. The maximum Gasteiger partial charge on any atom is 0.196 e. The molecular weight excluding hydrogens is 268 g/mol. The minimum absolute atomic E-state index is 0.0958. The zero-order chi connectivity index (χ0) is 14.3. The van der Waals surface area contributed by atoms with E-state index in [4.69, 9.17) is 4.74 Å². The minimum atomic E-state index is 0.0958. The first-order valence-electron chi connectivity index (χ1n) is 6.61. The zero-order valence-electron chi connectivity index (χ0n) is 11.8. The van der Waals surface area contributed by atoms with Crippen LogP contribution >= 0.6 is 11.3 Å². The molecule has 2 aromatic rings. The molecule has 3 heteroatoms. The summed E-state index contributed by atoms with van der Waals surface area (Å²) in [5.74, 6) is 0.841. The van der Waals surface area contributed by atoms with E-state index in [1.165, 1.54) is 4.88 Å². The van der Waals surface area contributed by atoms with Crippen LogP contribution in [-0.2, 0) is 0 Å². The molecule has 0 aliphatic carbocycles. The third kappa shape index (κ3) is 2.18. The highest BCUT2D eigenvalue weighted by Gasteiger charge is 2.26. The van der Waals surface area contributed by atoms with Crippen molar-refractivity contribution in [2.24, 2.45) is 0 Å². The van der Waals surface area contributed by atoms with E-state index in [1.54, 1.807) is 11.3 Å². The number of thiophene rings is 1. The Kier molecular flexibility index (Phi) is 3.22. The van der Waals surface area contributed by atoms with E-state index in [9.17, 15) is 4.79 Å². The summed E-state index contributed by atoms with van der Waals surface area (Å²) in [5, 5.41) is 0. The highest BCUT2D eigenvalue weighted by Crippen LogP contribution is 2.33. The van der Waals surface area contributed by atoms with E-state index < -0.39 is 0 Å². The molecule has 2 nitrogen and oxygen atoms in total. The number of hydrogen-bond donors (Lipinski definition) is 0. The first-order valence-corrected chi connectivity index (χ1v) is 7.42. The molecular formula is C17H16O2S. The van der Waals surface area contributed by atoms with Gasteiger partial charge in [-0.1, -0.05) is 12.1 Å². The molecule has 0 saturated heterocycles. The van der Waals surface area contributed by atoms with E-state index in [2.05, 4.69) is 13.0 Å². The number of fused-ring (bicyclic) bond motifs is 1. The quantitative estimate of drug-likeness (QED) is 0.728. The third-order valence-electron chi connectivity index (χ3n) is 3.53.